The molecule has 0 spiro atoms. The highest BCUT2D eigenvalue weighted by Crippen LogP contribution is 2.28. The maximum atomic E-state index is 13.3. The Hall–Kier alpha value is -1.20. The van der Waals surface area contributed by atoms with Gasteiger partial charge in [-0.3, -0.25) is 4.90 Å². The summed E-state index contributed by atoms with van der Waals surface area (Å²) in [6.45, 7) is 9.89. The third-order valence-corrected chi connectivity index (χ3v) is 9.99. The Kier molecular flexibility index (Phi) is 7.13. The highest BCUT2D eigenvalue weighted by Gasteiger charge is 2.46. The first-order valence-corrected chi connectivity index (χ1v) is 13.7. The van der Waals surface area contributed by atoms with Crippen molar-refractivity contribution in [1.82, 2.24) is 10.2 Å². The van der Waals surface area contributed by atoms with Crippen molar-refractivity contribution in [2.75, 3.05) is 51.0 Å². The van der Waals surface area contributed by atoms with Crippen molar-refractivity contribution in [2.24, 2.45) is 0 Å². The maximum absolute atomic E-state index is 13.3. The van der Waals surface area contributed by atoms with E-state index in [1.165, 1.54) is 12.1 Å². The summed E-state index contributed by atoms with van der Waals surface area (Å²) >= 11 is 0. The fraction of sp³-hybridized carbons (Fsp3) is 0.700. The minimum absolute atomic E-state index is 0.118. The van der Waals surface area contributed by atoms with Crippen LogP contribution in [0.3, 0.4) is 0 Å². The number of hydrogen-bond acceptors (Lipinski definition) is 8. The summed E-state index contributed by atoms with van der Waals surface area (Å²) in [5, 5.41) is 2.25. The van der Waals surface area contributed by atoms with Gasteiger partial charge < -0.3 is 14.8 Å². The van der Waals surface area contributed by atoms with Gasteiger partial charge in [-0.25, -0.2) is 16.8 Å². The number of morpholine rings is 1. The molecular weight excluding hydrogens is 428 g/mol. The van der Waals surface area contributed by atoms with Crippen LogP contribution in [0.2, 0.25) is 0 Å². The van der Waals surface area contributed by atoms with Crippen LogP contribution >= 0.6 is 0 Å². The molecule has 0 bridgehead atoms. The van der Waals surface area contributed by atoms with Gasteiger partial charge >= 0.3 is 0 Å². The van der Waals surface area contributed by atoms with Crippen LogP contribution < -0.4 is 10.1 Å². The normalized spacial score (nSPS) is 25.3. The quantitative estimate of drug-likeness (QED) is 0.606. The number of nitrogens with zero attached hydrogens (tertiary/aromatic N) is 1. The molecule has 8 nitrogen and oxygen atoms in total. The van der Waals surface area contributed by atoms with Crippen LogP contribution in [-0.2, 0) is 24.4 Å². The van der Waals surface area contributed by atoms with Crippen molar-refractivity contribution in [3.8, 4) is 5.75 Å². The van der Waals surface area contributed by atoms with Gasteiger partial charge in [0, 0.05) is 31.2 Å². The molecule has 1 aromatic rings. The first kappa shape index (κ1) is 23.5. The summed E-state index contributed by atoms with van der Waals surface area (Å²) in [7, 11) is -7.26. The molecule has 170 valence electrons. The second-order valence-corrected chi connectivity index (χ2v) is 12.8. The SMILES string of the molecule is CCOc1ccc(S(=O)(=O)[C@H]2CS(=O)(=O)C[C@@H]2NCC(C)(C)N2CCOCC2)cc1. The van der Waals surface area contributed by atoms with E-state index in [2.05, 4.69) is 24.1 Å². The standard InChI is InChI=1S/C20H32N2O6S2/c1-4-28-16-5-7-17(8-6-16)30(25,26)19-14-29(23,24)13-18(19)21-15-20(2,3)22-9-11-27-12-10-22/h5-8,18-19,21H,4,9-15H2,1-3H3/t18-,19-/m0/s1. The van der Waals surface area contributed by atoms with E-state index in [-0.39, 0.29) is 21.9 Å². The average Bonchev–Trinajstić information content (AvgIpc) is 3.03. The van der Waals surface area contributed by atoms with Crippen molar-refractivity contribution >= 4 is 19.7 Å². The van der Waals surface area contributed by atoms with Crippen molar-refractivity contribution in [2.45, 2.75) is 42.5 Å². The summed E-state index contributed by atoms with van der Waals surface area (Å²) in [6.07, 6.45) is 0. The Balaban J connectivity index is 1.76. The number of benzene rings is 1. The first-order chi connectivity index (χ1) is 14.0. The van der Waals surface area contributed by atoms with E-state index in [1.807, 2.05) is 6.92 Å². The van der Waals surface area contributed by atoms with Crippen molar-refractivity contribution in [3.63, 3.8) is 0 Å². The third-order valence-electron chi connectivity index (χ3n) is 5.83. The first-order valence-electron chi connectivity index (χ1n) is 10.3. The van der Waals surface area contributed by atoms with Crippen LogP contribution in [0.25, 0.3) is 0 Å². The number of sulfone groups is 2. The minimum atomic E-state index is -3.81. The largest absolute Gasteiger partial charge is 0.494 e. The van der Waals surface area contributed by atoms with E-state index in [4.69, 9.17) is 9.47 Å². The van der Waals surface area contributed by atoms with Gasteiger partial charge in [0.25, 0.3) is 0 Å². The van der Waals surface area contributed by atoms with Crippen LogP contribution in [0.4, 0.5) is 0 Å². The van der Waals surface area contributed by atoms with Crippen LogP contribution in [0.1, 0.15) is 20.8 Å². The zero-order valence-corrected chi connectivity index (χ0v) is 19.5. The summed E-state index contributed by atoms with van der Waals surface area (Å²) in [4.78, 5) is 2.40. The van der Waals surface area contributed by atoms with Gasteiger partial charge in [0.05, 0.1) is 41.5 Å². The van der Waals surface area contributed by atoms with Crippen molar-refractivity contribution in [3.05, 3.63) is 24.3 Å². The zero-order valence-electron chi connectivity index (χ0n) is 17.8. The van der Waals surface area contributed by atoms with Gasteiger partial charge in [-0.15, -0.1) is 0 Å². The lowest BCUT2D eigenvalue weighted by Crippen LogP contribution is -2.57. The lowest BCUT2D eigenvalue weighted by Gasteiger charge is -2.41. The van der Waals surface area contributed by atoms with Crippen LogP contribution in [-0.4, -0.2) is 89.5 Å². The van der Waals surface area contributed by atoms with Gasteiger partial charge in [0.15, 0.2) is 19.7 Å². The van der Waals surface area contributed by atoms with Crippen molar-refractivity contribution < 1.29 is 26.3 Å². The van der Waals surface area contributed by atoms with E-state index in [1.54, 1.807) is 12.1 Å². The molecule has 1 aromatic carbocycles. The van der Waals surface area contributed by atoms with E-state index < -0.39 is 31.0 Å². The predicted molar refractivity (Wildman–Crippen MR) is 116 cm³/mol. The lowest BCUT2D eigenvalue weighted by molar-refractivity contribution is -0.0101. The smallest absolute Gasteiger partial charge is 0.183 e. The van der Waals surface area contributed by atoms with Gasteiger partial charge in [0.1, 0.15) is 5.75 Å². The molecule has 0 aliphatic carbocycles. The van der Waals surface area contributed by atoms with Crippen LogP contribution in [0.15, 0.2) is 29.2 Å². The topological polar surface area (TPSA) is 102 Å². The molecule has 1 N–H and O–H groups in total. The second kappa shape index (κ2) is 9.12. The van der Waals surface area contributed by atoms with Gasteiger partial charge in [-0.1, -0.05) is 0 Å². The van der Waals surface area contributed by atoms with E-state index in [0.29, 0.717) is 32.1 Å². The number of ether oxygens (including phenoxy) is 2. The molecule has 2 saturated heterocycles. The second-order valence-electron chi connectivity index (χ2n) is 8.46. The fourth-order valence-electron chi connectivity index (χ4n) is 4.04. The number of rotatable bonds is 8. The Morgan fingerprint density at radius 1 is 1.17 bits per heavy atom. The highest BCUT2D eigenvalue weighted by molar-refractivity contribution is 7.96. The molecule has 2 aliphatic heterocycles. The molecule has 0 aromatic heterocycles. The Bertz CT molecular complexity index is 923. The van der Waals surface area contributed by atoms with Gasteiger partial charge in [0.2, 0.25) is 0 Å². The predicted octanol–water partition coefficient (Wildman–Crippen LogP) is 0.725. The van der Waals surface area contributed by atoms with Gasteiger partial charge in [-0.2, -0.15) is 0 Å². The zero-order chi connectivity index (χ0) is 22.0. The highest BCUT2D eigenvalue weighted by atomic mass is 32.2. The molecule has 0 amide bonds. The lowest BCUT2D eigenvalue weighted by atomic mass is 10.0. The number of nitrogens with one attached hydrogen (secondary N) is 1. The number of hydrogen-bond donors (Lipinski definition) is 1. The van der Waals surface area contributed by atoms with Crippen LogP contribution in [0, 0.1) is 0 Å². The Morgan fingerprint density at radius 2 is 1.80 bits per heavy atom. The fourth-order valence-corrected chi connectivity index (χ4v) is 8.76. The molecule has 2 aliphatic rings. The monoisotopic (exact) mass is 460 g/mol. The average molecular weight is 461 g/mol. The summed E-state index contributed by atoms with van der Waals surface area (Å²) in [6, 6.07) is 5.53. The van der Waals surface area contributed by atoms with E-state index in [0.717, 1.165) is 13.1 Å². The van der Waals surface area contributed by atoms with Crippen LogP contribution in [0.5, 0.6) is 5.75 Å². The molecule has 30 heavy (non-hydrogen) atoms. The van der Waals surface area contributed by atoms with E-state index in [9.17, 15) is 16.8 Å². The summed E-state index contributed by atoms with van der Waals surface area (Å²) in [5.74, 6) is 0.0446. The molecule has 0 unspecified atom stereocenters. The molecule has 2 atom stereocenters. The molecule has 10 heteroatoms. The van der Waals surface area contributed by atoms with E-state index >= 15 is 0 Å². The summed E-state index contributed by atoms with van der Waals surface area (Å²) in [5.41, 5.74) is -0.246. The Morgan fingerprint density at radius 3 is 2.40 bits per heavy atom. The molecule has 2 heterocycles. The molecule has 0 saturated carbocycles. The summed E-state index contributed by atoms with van der Waals surface area (Å²) < 4.78 is 62.0. The maximum Gasteiger partial charge on any atom is 0.183 e. The third kappa shape index (κ3) is 5.34. The Labute approximate surface area is 179 Å². The molecule has 2 fully saturated rings. The van der Waals surface area contributed by atoms with Crippen molar-refractivity contribution in [1.29, 1.82) is 0 Å². The molecule has 3 rings (SSSR count). The molecular formula is C20H32N2O6S2. The van der Waals surface area contributed by atoms with Gasteiger partial charge in [-0.05, 0) is 45.0 Å². The minimum Gasteiger partial charge on any atom is -0.494 e. The molecule has 0 radical (unpaired) electrons.